The highest BCUT2D eigenvalue weighted by atomic mass is 32.2. The molecule has 2 aliphatic rings. The van der Waals surface area contributed by atoms with E-state index in [-0.39, 0.29) is 47.9 Å². The molecule has 0 radical (unpaired) electrons. The van der Waals surface area contributed by atoms with Gasteiger partial charge in [-0.3, -0.25) is 23.9 Å². The second kappa shape index (κ2) is 26.0. The van der Waals surface area contributed by atoms with Crippen molar-refractivity contribution in [3.05, 3.63) is 117 Å². The van der Waals surface area contributed by atoms with Gasteiger partial charge in [-0.25, -0.2) is 35.6 Å². The number of nitrogens with zero attached hydrogens (tertiary/aromatic N) is 7. The number of ether oxygens (including phenoxy) is 4. The van der Waals surface area contributed by atoms with E-state index >= 15 is 0 Å². The Labute approximate surface area is 506 Å². The van der Waals surface area contributed by atoms with Crippen LogP contribution in [0.3, 0.4) is 0 Å². The summed E-state index contributed by atoms with van der Waals surface area (Å²) in [5.74, 6) is -1.02. The van der Waals surface area contributed by atoms with Gasteiger partial charge in [-0.1, -0.05) is 34.6 Å². The molecule has 0 fully saturated rings. The van der Waals surface area contributed by atoms with Crippen LogP contribution in [-0.4, -0.2) is 120 Å². The Balaban J connectivity index is 0.000000246. The van der Waals surface area contributed by atoms with Crippen LogP contribution >= 0.6 is 0 Å². The van der Waals surface area contributed by atoms with E-state index in [1.165, 1.54) is 36.8 Å². The lowest BCUT2D eigenvalue weighted by Gasteiger charge is -2.31. The molecule has 4 aromatic heterocycles. The summed E-state index contributed by atoms with van der Waals surface area (Å²) in [5.41, 5.74) is 5.80. The molecule has 2 aromatic carbocycles. The van der Waals surface area contributed by atoms with E-state index in [0.29, 0.717) is 77.6 Å². The van der Waals surface area contributed by atoms with E-state index in [1.54, 1.807) is 46.0 Å². The van der Waals surface area contributed by atoms with Crippen LogP contribution < -0.4 is 14.8 Å². The smallest absolute Gasteiger partial charge is 0.310 e. The highest BCUT2D eigenvalue weighted by Crippen LogP contribution is 2.37. The van der Waals surface area contributed by atoms with Crippen LogP contribution in [0.5, 0.6) is 11.8 Å². The van der Waals surface area contributed by atoms with Gasteiger partial charge in [0.15, 0.2) is 29.7 Å². The number of carbonyl (C=O) groups is 2. The first-order valence-electron chi connectivity index (χ1n) is 29.2. The predicted octanol–water partition coefficient (Wildman–Crippen LogP) is 10.6. The quantitative estimate of drug-likeness (QED) is 0.0746. The van der Waals surface area contributed by atoms with Crippen molar-refractivity contribution in [1.82, 2.24) is 39.7 Å². The van der Waals surface area contributed by atoms with E-state index in [2.05, 4.69) is 37.3 Å². The van der Waals surface area contributed by atoms with Crippen molar-refractivity contribution in [2.24, 2.45) is 0 Å². The summed E-state index contributed by atoms with van der Waals surface area (Å²) in [6.07, 6.45) is 6.72. The maximum Gasteiger partial charge on any atom is 0.310 e. The number of hydrogen-bond donors (Lipinski definition) is 1. The zero-order chi connectivity index (χ0) is 63.6. The van der Waals surface area contributed by atoms with Gasteiger partial charge in [-0.2, -0.15) is 10.2 Å². The summed E-state index contributed by atoms with van der Waals surface area (Å²) >= 11 is 0. The van der Waals surface area contributed by atoms with Crippen molar-refractivity contribution >= 4 is 31.6 Å². The minimum absolute atomic E-state index is 0.00615. The third kappa shape index (κ3) is 16.5. The molecule has 0 unspecified atom stereocenters. The molecule has 2 aliphatic heterocycles. The number of fused-ring (bicyclic) bond motifs is 2. The number of sulfone groups is 2. The average Bonchev–Trinajstić information content (AvgIpc) is 1.65. The van der Waals surface area contributed by atoms with Gasteiger partial charge in [0, 0.05) is 67.8 Å². The molecule has 468 valence electrons. The van der Waals surface area contributed by atoms with Crippen LogP contribution in [0.2, 0.25) is 0 Å². The number of benzene rings is 2. The first kappa shape index (κ1) is 66.9. The van der Waals surface area contributed by atoms with Gasteiger partial charge in [0.1, 0.15) is 36.1 Å². The number of nitrogens with one attached hydrogen (secondary N) is 1. The number of rotatable bonds is 19. The number of likely N-dealkylation sites (N-methyl/N-ethyl adjacent to an activating group) is 1. The van der Waals surface area contributed by atoms with Crippen molar-refractivity contribution in [3.63, 3.8) is 0 Å². The van der Waals surface area contributed by atoms with E-state index in [1.807, 2.05) is 96.9 Å². The van der Waals surface area contributed by atoms with Crippen molar-refractivity contribution in [2.75, 3.05) is 45.4 Å². The highest BCUT2D eigenvalue weighted by molar-refractivity contribution is 7.91. The van der Waals surface area contributed by atoms with E-state index in [0.717, 1.165) is 46.7 Å². The number of halogens is 2. The van der Waals surface area contributed by atoms with Gasteiger partial charge in [0.05, 0.1) is 35.3 Å². The zero-order valence-corrected chi connectivity index (χ0v) is 54.6. The maximum atomic E-state index is 14.9. The number of pyridine rings is 2. The van der Waals surface area contributed by atoms with Gasteiger partial charge in [0.25, 0.3) is 0 Å². The van der Waals surface area contributed by atoms with Crippen LogP contribution in [0.15, 0.2) is 71.0 Å². The van der Waals surface area contributed by atoms with E-state index in [9.17, 15) is 35.2 Å². The zero-order valence-electron chi connectivity index (χ0n) is 53.0. The average molecular weight is 1230 g/mol. The molecule has 0 spiro atoms. The number of esters is 2. The SMILES string of the molecule is CC(C)c1cc(F)cc(-c2ccnc(OCC(C)(C)n3nc(S(C)(=O)=O)c4c3CNCC4)c2)c1CC(=O)OC(C)(C)C.CCN1CCc2c(S(C)(=O)=O)nn(C(C)(C)COc3cc(-c4cc(F)cc(C(C)C)c4CC(=O)OC(C)(C)C)ccn3)c2C1. The molecule has 0 saturated carbocycles. The third-order valence-electron chi connectivity index (χ3n) is 14.8. The molecular formula is C64H86F2N8O10S2. The first-order valence-corrected chi connectivity index (χ1v) is 33.0. The fourth-order valence-corrected chi connectivity index (χ4v) is 12.6. The molecule has 18 nitrogen and oxygen atoms in total. The molecule has 1 N–H and O–H groups in total. The Kier molecular flexibility index (Phi) is 20.2. The molecule has 0 bridgehead atoms. The molecular weight excluding hydrogens is 1140 g/mol. The van der Waals surface area contributed by atoms with Crippen LogP contribution in [0, 0.1) is 11.6 Å². The van der Waals surface area contributed by atoms with Gasteiger partial charge in [-0.05, 0) is 188 Å². The van der Waals surface area contributed by atoms with Crippen LogP contribution in [-0.2, 0) is 88.6 Å². The minimum Gasteiger partial charge on any atom is -0.475 e. The summed E-state index contributed by atoms with van der Waals surface area (Å²) in [4.78, 5) is 36.8. The Morgan fingerprint density at radius 2 is 1.05 bits per heavy atom. The molecule has 0 aliphatic carbocycles. The number of hydrogen-bond acceptors (Lipinski definition) is 16. The fraction of sp³-hybridized carbons (Fsp3) is 0.531. The largest absolute Gasteiger partial charge is 0.475 e. The van der Waals surface area contributed by atoms with Crippen molar-refractivity contribution in [3.8, 4) is 34.0 Å². The first-order chi connectivity index (χ1) is 39.9. The van der Waals surface area contributed by atoms with Gasteiger partial charge < -0.3 is 24.3 Å². The van der Waals surface area contributed by atoms with Crippen molar-refractivity contribution in [2.45, 2.75) is 187 Å². The molecule has 0 saturated heterocycles. The summed E-state index contributed by atoms with van der Waals surface area (Å²) in [5, 5.41) is 12.6. The second-order valence-electron chi connectivity index (χ2n) is 26.2. The lowest BCUT2D eigenvalue weighted by atomic mass is 9.88. The minimum atomic E-state index is -3.51. The lowest BCUT2D eigenvalue weighted by Crippen LogP contribution is -2.39. The highest BCUT2D eigenvalue weighted by Gasteiger charge is 2.36. The Hall–Kier alpha value is -6.62. The topological polar surface area (TPSA) is 216 Å². The van der Waals surface area contributed by atoms with Crippen LogP contribution in [0.4, 0.5) is 8.78 Å². The Morgan fingerprint density at radius 1 is 0.628 bits per heavy atom. The fourth-order valence-electron chi connectivity index (χ4n) is 10.9. The molecule has 22 heteroatoms. The molecule has 6 aromatic rings. The van der Waals surface area contributed by atoms with Gasteiger partial charge in [-0.15, -0.1) is 0 Å². The van der Waals surface area contributed by atoms with E-state index < -0.39 is 65.5 Å². The second-order valence-corrected chi connectivity index (χ2v) is 30.1. The normalized spacial score (nSPS) is 14.3. The number of carbonyl (C=O) groups excluding carboxylic acids is 2. The monoisotopic (exact) mass is 1230 g/mol. The Morgan fingerprint density at radius 3 is 1.44 bits per heavy atom. The van der Waals surface area contributed by atoms with Crippen molar-refractivity contribution < 1.29 is 54.2 Å². The van der Waals surface area contributed by atoms with Gasteiger partial charge in [0.2, 0.25) is 11.8 Å². The molecule has 0 atom stereocenters. The van der Waals surface area contributed by atoms with Crippen molar-refractivity contribution in [1.29, 1.82) is 0 Å². The maximum absolute atomic E-state index is 14.9. The third-order valence-corrected chi connectivity index (χ3v) is 16.8. The van der Waals surface area contributed by atoms with Crippen LogP contribution in [0.25, 0.3) is 22.3 Å². The summed E-state index contributed by atoms with van der Waals surface area (Å²) in [6, 6.07) is 12.8. The molecule has 8 rings (SSSR count). The Bertz CT molecular complexity index is 3710. The van der Waals surface area contributed by atoms with Crippen LogP contribution in [0.1, 0.15) is 160 Å². The van der Waals surface area contributed by atoms with E-state index in [4.69, 9.17) is 18.9 Å². The van der Waals surface area contributed by atoms with Gasteiger partial charge >= 0.3 is 11.9 Å². The lowest BCUT2D eigenvalue weighted by molar-refractivity contribution is -0.155. The molecule has 6 heterocycles. The molecule has 0 amide bonds. The summed E-state index contributed by atoms with van der Waals surface area (Å²) in [6.45, 7) is 32.2. The predicted molar refractivity (Wildman–Crippen MR) is 327 cm³/mol. The summed E-state index contributed by atoms with van der Waals surface area (Å²) < 4.78 is 107. The standard InChI is InChI=1S/C33H45FN4O5S.C31H41FN4O5S/c1-10-37-14-12-24-28(19-37)38(36-31(24)44(9,40)41)33(7,8)20-42-29-15-22(11-13-35-29)26-17-23(34)16-25(21(2)3)27(26)18-30(39)43-32(4,5)6;1-19(2)23-14-21(32)15-24(25(23)16-28(37)41-30(3,4)5)20-9-12-34-27(13-20)40-18-31(6,7)36-26-17-33-11-10-22(26)29(35-36)42(8,38)39/h11,13,15-17,21H,10,12,14,18-20H2,1-9H3;9,12-15,19,33H,10-11,16-18H2,1-8H3. The molecule has 86 heavy (non-hydrogen) atoms. The summed E-state index contributed by atoms with van der Waals surface area (Å²) in [7, 11) is -7.01. The number of aromatic nitrogens is 6.